The first kappa shape index (κ1) is 29.5. The molecule has 9 aromatic carbocycles. The SMILES string of the molecule is c1ccc2c(c1)cc(-c1ccc(-c3nc(-c4cccc5ccc6ccccc6c45)nc(-c4cccc5oc6ccccc6c45)n3)cc1)c1ccccc12. The topological polar surface area (TPSA) is 51.8 Å². The molecule has 0 N–H and O–H groups in total. The molecule has 2 aromatic heterocycles. The molecule has 0 aliphatic carbocycles. The summed E-state index contributed by atoms with van der Waals surface area (Å²) in [5, 5.41) is 11.6. The maximum Gasteiger partial charge on any atom is 0.164 e. The van der Waals surface area contributed by atoms with Crippen molar-refractivity contribution in [1.29, 1.82) is 0 Å². The molecule has 0 saturated carbocycles. The number of aromatic nitrogens is 3. The standard InChI is InChI=1S/C49H29N3O/c1-4-15-36-30(11-1)23-26-32-13-9-19-40(45(32)36)48-50-47(51-49(52-48)41-20-10-22-44-46(41)39-18-7-8-21-43(39)53-44)33-27-24-31(25-28-33)42-29-34-12-2-3-14-35(34)37-16-5-6-17-38(37)42/h1-29H. The predicted octanol–water partition coefficient (Wildman–Crippen LogP) is 13.1. The predicted molar refractivity (Wildman–Crippen MR) is 219 cm³/mol. The van der Waals surface area contributed by atoms with E-state index in [1.165, 1.54) is 37.9 Å². The van der Waals surface area contributed by atoms with Gasteiger partial charge in [0.25, 0.3) is 0 Å². The largest absolute Gasteiger partial charge is 0.456 e. The van der Waals surface area contributed by atoms with Crippen molar-refractivity contribution < 1.29 is 4.42 Å². The minimum absolute atomic E-state index is 0.601. The molecule has 4 nitrogen and oxygen atoms in total. The third-order valence-electron chi connectivity index (χ3n) is 10.5. The van der Waals surface area contributed by atoms with Crippen molar-refractivity contribution in [2.24, 2.45) is 0 Å². The van der Waals surface area contributed by atoms with Crippen molar-refractivity contribution >= 4 is 65.0 Å². The Morgan fingerprint density at radius 3 is 1.66 bits per heavy atom. The highest BCUT2D eigenvalue weighted by molar-refractivity contribution is 6.15. The lowest BCUT2D eigenvalue weighted by Gasteiger charge is -2.13. The second kappa shape index (κ2) is 11.7. The van der Waals surface area contributed by atoms with E-state index in [4.69, 9.17) is 19.4 Å². The molecule has 0 unspecified atom stereocenters. The third-order valence-corrected chi connectivity index (χ3v) is 10.5. The van der Waals surface area contributed by atoms with Crippen LogP contribution in [0.5, 0.6) is 0 Å². The van der Waals surface area contributed by atoms with Gasteiger partial charge in [0.2, 0.25) is 0 Å². The first-order valence-electron chi connectivity index (χ1n) is 17.9. The number of fused-ring (bicyclic) bond motifs is 9. The number of nitrogens with zero attached hydrogens (tertiary/aromatic N) is 3. The highest BCUT2D eigenvalue weighted by Gasteiger charge is 2.19. The lowest BCUT2D eigenvalue weighted by atomic mass is 9.93. The molecule has 0 spiro atoms. The van der Waals surface area contributed by atoms with Crippen LogP contribution in [0.4, 0.5) is 0 Å². The lowest BCUT2D eigenvalue weighted by Crippen LogP contribution is -2.01. The van der Waals surface area contributed by atoms with Crippen LogP contribution >= 0.6 is 0 Å². The Morgan fingerprint density at radius 2 is 0.849 bits per heavy atom. The second-order valence-corrected chi connectivity index (χ2v) is 13.5. The van der Waals surface area contributed by atoms with Gasteiger partial charge in [-0.2, -0.15) is 0 Å². The van der Waals surface area contributed by atoms with Crippen molar-refractivity contribution in [2.75, 3.05) is 0 Å². The van der Waals surface area contributed by atoms with Crippen LogP contribution in [-0.4, -0.2) is 15.0 Å². The maximum absolute atomic E-state index is 6.29. The van der Waals surface area contributed by atoms with Crippen molar-refractivity contribution in [3.8, 4) is 45.3 Å². The molecule has 2 heterocycles. The highest BCUT2D eigenvalue weighted by Crippen LogP contribution is 2.39. The van der Waals surface area contributed by atoms with Crippen LogP contribution in [-0.2, 0) is 0 Å². The summed E-state index contributed by atoms with van der Waals surface area (Å²) < 4.78 is 6.29. The quantitative estimate of drug-likeness (QED) is 0.174. The molecular formula is C49H29N3O. The van der Waals surface area contributed by atoms with Gasteiger partial charge in [-0.1, -0.05) is 158 Å². The van der Waals surface area contributed by atoms with Gasteiger partial charge < -0.3 is 4.42 Å². The molecule has 246 valence electrons. The zero-order valence-corrected chi connectivity index (χ0v) is 28.5. The number of benzene rings is 9. The van der Waals surface area contributed by atoms with Crippen molar-refractivity contribution in [3.63, 3.8) is 0 Å². The number of hydrogen-bond acceptors (Lipinski definition) is 4. The van der Waals surface area contributed by atoms with Gasteiger partial charge in [-0.25, -0.2) is 15.0 Å². The van der Waals surface area contributed by atoms with Crippen LogP contribution in [0.3, 0.4) is 0 Å². The number of rotatable bonds is 4. The van der Waals surface area contributed by atoms with E-state index < -0.39 is 0 Å². The van der Waals surface area contributed by atoms with E-state index in [0.717, 1.165) is 55.0 Å². The summed E-state index contributed by atoms with van der Waals surface area (Å²) in [6.45, 7) is 0. The Bertz CT molecular complexity index is 3230. The molecule has 0 radical (unpaired) electrons. The van der Waals surface area contributed by atoms with E-state index in [2.05, 4.69) is 146 Å². The van der Waals surface area contributed by atoms with Gasteiger partial charge in [0, 0.05) is 32.8 Å². The molecular weight excluding hydrogens is 647 g/mol. The Labute approximate surface area is 304 Å². The minimum Gasteiger partial charge on any atom is -0.456 e. The summed E-state index contributed by atoms with van der Waals surface area (Å²) in [5.74, 6) is 1.84. The number of hydrogen-bond donors (Lipinski definition) is 0. The fourth-order valence-corrected chi connectivity index (χ4v) is 8.04. The Kier molecular flexibility index (Phi) is 6.52. The monoisotopic (exact) mass is 675 g/mol. The van der Waals surface area contributed by atoms with Crippen molar-refractivity contribution in [1.82, 2.24) is 15.0 Å². The zero-order chi connectivity index (χ0) is 34.9. The van der Waals surface area contributed by atoms with E-state index >= 15 is 0 Å². The molecule has 11 rings (SSSR count). The molecule has 0 aliphatic rings. The van der Waals surface area contributed by atoms with Gasteiger partial charge in [-0.05, 0) is 67.0 Å². The van der Waals surface area contributed by atoms with E-state index in [1.54, 1.807) is 0 Å². The molecule has 0 saturated heterocycles. The van der Waals surface area contributed by atoms with Crippen LogP contribution in [0.15, 0.2) is 180 Å². The molecule has 11 aromatic rings. The first-order valence-corrected chi connectivity index (χ1v) is 17.9. The van der Waals surface area contributed by atoms with Crippen molar-refractivity contribution in [3.05, 3.63) is 176 Å². The van der Waals surface area contributed by atoms with E-state index in [9.17, 15) is 0 Å². The van der Waals surface area contributed by atoms with Gasteiger partial charge in [-0.3, -0.25) is 0 Å². The lowest BCUT2D eigenvalue weighted by molar-refractivity contribution is 0.669. The molecule has 0 bridgehead atoms. The molecule has 0 atom stereocenters. The van der Waals surface area contributed by atoms with Crippen LogP contribution in [0, 0.1) is 0 Å². The molecule has 53 heavy (non-hydrogen) atoms. The zero-order valence-electron chi connectivity index (χ0n) is 28.5. The fourth-order valence-electron chi connectivity index (χ4n) is 8.04. The molecule has 0 amide bonds. The van der Waals surface area contributed by atoms with Gasteiger partial charge in [0.1, 0.15) is 11.2 Å². The average Bonchev–Trinajstić information content (AvgIpc) is 3.62. The smallest absolute Gasteiger partial charge is 0.164 e. The summed E-state index contributed by atoms with van der Waals surface area (Å²) in [6.07, 6.45) is 0. The van der Waals surface area contributed by atoms with Gasteiger partial charge in [-0.15, -0.1) is 0 Å². The molecule has 0 fully saturated rings. The number of para-hydroxylation sites is 1. The van der Waals surface area contributed by atoms with E-state index in [1.807, 2.05) is 30.3 Å². The Balaban J connectivity index is 1.14. The van der Waals surface area contributed by atoms with E-state index in [-0.39, 0.29) is 0 Å². The van der Waals surface area contributed by atoms with E-state index in [0.29, 0.717) is 17.5 Å². The Hall–Kier alpha value is -7.17. The van der Waals surface area contributed by atoms with Gasteiger partial charge in [0.05, 0.1) is 0 Å². The fraction of sp³-hybridized carbons (Fsp3) is 0. The highest BCUT2D eigenvalue weighted by atomic mass is 16.3. The molecule has 4 heteroatoms. The summed E-state index contributed by atoms with van der Waals surface area (Å²) in [4.78, 5) is 15.7. The summed E-state index contributed by atoms with van der Waals surface area (Å²) in [6, 6.07) is 61.7. The second-order valence-electron chi connectivity index (χ2n) is 13.5. The van der Waals surface area contributed by atoms with Gasteiger partial charge >= 0.3 is 0 Å². The molecule has 0 aliphatic heterocycles. The maximum atomic E-state index is 6.29. The van der Waals surface area contributed by atoms with Crippen LogP contribution in [0.2, 0.25) is 0 Å². The first-order chi connectivity index (χ1) is 26.3. The third kappa shape index (κ3) is 4.73. The van der Waals surface area contributed by atoms with Crippen LogP contribution in [0.1, 0.15) is 0 Å². The number of furan rings is 1. The average molecular weight is 676 g/mol. The summed E-state index contributed by atoms with van der Waals surface area (Å²) in [5.41, 5.74) is 6.76. The van der Waals surface area contributed by atoms with Crippen LogP contribution in [0.25, 0.3) is 110 Å². The summed E-state index contributed by atoms with van der Waals surface area (Å²) in [7, 11) is 0. The minimum atomic E-state index is 0.601. The van der Waals surface area contributed by atoms with Crippen LogP contribution < -0.4 is 0 Å². The normalized spacial score (nSPS) is 11.8. The Morgan fingerprint density at radius 1 is 0.302 bits per heavy atom. The summed E-state index contributed by atoms with van der Waals surface area (Å²) >= 11 is 0. The van der Waals surface area contributed by atoms with Crippen molar-refractivity contribution in [2.45, 2.75) is 0 Å². The van der Waals surface area contributed by atoms with Gasteiger partial charge in [0.15, 0.2) is 17.5 Å².